The molecule has 90 valence electrons. The van der Waals surface area contributed by atoms with Gasteiger partial charge in [0.1, 0.15) is 0 Å². The Morgan fingerprint density at radius 2 is 2.25 bits per heavy atom. The number of rotatable bonds is 7. The molecule has 3 heteroatoms. The van der Waals surface area contributed by atoms with Gasteiger partial charge in [0.15, 0.2) is 0 Å². The summed E-state index contributed by atoms with van der Waals surface area (Å²) in [5.41, 5.74) is 2.25. The Hall–Kier alpha value is -0.900. The van der Waals surface area contributed by atoms with E-state index in [0.717, 1.165) is 24.1 Å². The SMILES string of the molecule is CCCNC(CO)c1cccc(COC)c1. The third-order valence-corrected chi connectivity index (χ3v) is 2.49. The van der Waals surface area contributed by atoms with E-state index in [0.29, 0.717) is 6.61 Å². The van der Waals surface area contributed by atoms with Gasteiger partial charge in [-0.05, 0) is 24.1 Å². The van der Waals surface area contributed by atoms with Gasteiger partial charge in [-0.1, -0.05) is 31.2 Å². The molecule has 0 radical (unpaired) electrons. The maximum Gasteiger partial charge on any atom is 0.0713 e. The van der Waals surface area contributed by atoms with Gasteiger partial charge in [0.05, 0.1) is 19.3 Å². The molecule has 0 aliphatic carbocycles. The van der Waals surface area contributed by atoms with Crippen molar-refractivity contribution in [3.8, 4) is 0 Å². The van der Waals surface area contributed by atoms with E-state index < -0.39 is 0 Å². The van der Waals surface area contributed by atoms with E-state index in [1.165, 1.54) is 0 Å². The summed E-state index contributed by atoms with van der Waals surface area (Å²) in [6.45, 7) is 3.76. The van der Waals surface area contributed by atoms with Crippen molar-refractivity contribution in [1.82, 2.24) is 5.32 Å². The molecule has 0 spiro atoms. The van der Waals surface area contributed by atoms with Gasteiger partial charge in [-0.3, -0.25) is 0 Å². The number of benzene rings is 1. The molecular weight excluding hydrogens is 202 g/mol. The van der Waals surface area contributed by atoms with Crippen molar-refractivity contribution in [2.24, 2.45) is 0 Å². The number of aliphatic hydroxyl groups excluding tert-OH is 1. The molecule has 1 unspecified atom stereocenters. The molecule has 0 aromatic heterocycles. The first-order valence-corrected chi connectivity index (χ1v) is 5.73. The van der Waals surface area contributed by atoms with Gasteiger partial charge in [-0.25, -0.2) is 0 Å². The fourth-order valence-corrected chi connectivity index (χ4v) is 1.67. The lowest BCUT2D eigenvalue weighted by Gasteiger charge is -2.17. The van der Waals surface area contributed by atoms with Crippen molar-refractivity contribution in [2.75, 3.05) is 20.3 Å². The van der Waals surface area contributed by atoms with E-state index in [-0.39, 0.29) is 12.6 Å². The molecule has 1 rings (SSSR count). The van der Waals surface area contributed by atoms with Crippen LogP contribution in [0.2, 0.25) is 0 Å². The van der Waals surface area contributed by atoms with Crippen molar-refractivity contribution in [3.05, 3.63) is 35.4 Å². The molecule has 3 nitrogen and oxygen atoms in total. The highest BCUT2D eigenvalue weighted by atomic mass is 16.5. The van der Waals surface area contributed by atoms with Crippen LogP contribution in [0, 0.1) is 0 Å². The highest BCUT2D eigenvalue weighted by molar-refractivity contribution is 5.25. The number of methoxy groups -OCH3 is 1. The van der Waals surface area contributed by atoms with Crippen LogP contribution in [0.1, 0.15) is 30.5 Å². The first kappa shape index (κ1) is 13.2. The largest absolute Gasteiger partial charge is 0.394 e. The molecule has 16 heavy (non-hydrogen) atoms. The molecule has 0 aliphatic rings. The molecule has 0 saturated heterocycles. The lowest BCUT2D eigenvalue weighted by molar-refractivity contribution is 0.184. The number of hydrogen-bond donors (Lipinski definition) is 2. The van der Waals surface area contributed by atoms with Crippen LogP contribution in [0.15, 0.2) is 24.3 Å². The highest BCUT2D eigenvalue weighted by Gasteiger charge is 2.09. The molecule has 0 amide bonds. The fraction of sp³-hybridized carbons (Fsp3) is 0.538. The summed E-state index contributed by atoms with van der Waals surface area (Å²) in [7, 11) is 1.69. The quantitative estimate of drug-likeness (QED) is 0.741. The van der Waals surface area contributed by atoms with Gasteiger partial charge in [0, 0.05) is 7.11 Å². The van der Waals surface area contributed by atoms with E-state index in [1.807, 2.05) is 18.2 Å². The first-order valence-electron chi connectivity index (χ1n) is 5.73. The van der Waals surface area contributed by atoms with E-state index in [2.05, 4.69) is 18.3 Å². The highest BCUT2D eigenvalue weighted by Crippen LogP contribution is 2.14. The van der Waals surface area contributed by atoms with Crippen molar-refractivity contribution < 1.29 is 9.84 Å². The minimum absolute atomic E-state index is 0.0248. The Morgan fingerprint density at radius 3 is 2.88 bits per heavy atom. The zero-order valence-corrected chi connectivity index (χ0v) is 10.1. The number of ether oxygens (including phenoxy) is 1. The average molecular weight is 223 g/mol. The summed E-state index contributed by atoms with van der Waals surface area (Å²) in [4.78, 5) is 0. The van der Waals surface area contributed by atoms with Crippen LogP contribution in [-0.2, 0) is 11.3 Å². The second-order valence-corrected chi connectivity index (χ2v) is 3.87. The molecule has 1 atom stereocenters. The normalized spacial score (nSPS) is 12.7. The second kappa shape index (κ2) is 7.39. The molecule has 0 bridgehead atoms. The van der Waals surface area contributed by atoms with Crippen LogP contribution in [0.3, 0.4) is 0 Å². The summed E-state index contributed by atoms with van der Waals surface area (Å²) in [5, 5.41) is 12.6. The predicted molar refractivity (Wildman–Crippen MR) is 65.3 cm³/mol. The predicted octanol–water partition coefficient (Wildman–Crippen LogP) is 1.87. The maximum atomic E-state index is 9.33. The van der Waals surface area contributed by atoms with Crippen LogP contribution >= 0.6 is 0 Å². The monoisotopic (exact) mass is 223 g/mol. The molecule has 1 aromatic rings. The Kier molecular flexibility index (Phi) is 6.08. The van der Waals surface area contributed by atoms with Crippen molar-refractivity contribution in [2.45, 2.75) is 26.0 Å². The van der Waals surface area contributed by atoms with E-state index in [9.17, 15) is 5.11 Å². The molecule has 1 aromatic carbocycles. The lowest BCUT2D eigenvalue weighted by atomic mass is 10.0. The summed E-state index contributed by atoms with van der Waals surface area (Å²) < 4.78 is 5.09. The minimum atomic E-state index is 0.0248. The minimum Gasteiger partial charge on any atom is -0.394 e. The fourth-order valence-electron chi connectivity index (χ4n) is 1.67. The maximum absolute atomic E-state index is 9.33. The van der Waals surface area contributed by atoms with Gasteiger partial charge in [-0.15, -0.1) is 0 Å². The Balaban J connectivity index is 2.71. The Bertz CT molecular complexity index is 302. The standard InChI is InChI=1S/C13H21NO2/c1-3-7-14-13(9-15)12-6-4-5-11(8-12)10-16-2/h4-6,8,13-15H,3,7,9-10H2,1-2H3. The first-order chi connectivity index (χ1) is 7.81. The molecule has 0 fully saturated rings. The van der Waals surface area contributed by atoms with Gasteiger partial charge in [-0.2, -0.15) is 0 Å². The van der Waals surface area contributed by atoms with E-state index in [1.54, 1.807) is 7.11 Å². The Labute approximate surface area is 97.4 Å². The van der Waals surface area contributed by atoms with Gasteiger partial charge in [0.25, 0.3) is 0 Å². The van der Waals surface area contributed by atoms with Crippen LogP contribution in [0.25, 0.3) is 0 Å². The average Bonchev–Trinajstić information content (AvgIpc) is 2.31. The number of nitrogens with one attached hydrogen (secondary N) is 1. The zero-order chi connectivity index (χ0) is 11.8. The number of hydrogen-bond acceptors (Lipinski definition) is 3. The second-order valence-electron chi connectivity index (χ2n) is 3.87. The van der Waals surface area contributed by atoms with Crippen LogP contribution < -0.4 is 5.32 Å². The van der Waals surface area contributed by atoms with Crippen LogP contribution in [0.4, 0.5) is 0 Å². The summed E-state index contributed by atoms with van der Waals surface area (Å²) >= 11 is 0. The Morgan fingerprint density at radius 1 is 1.44 bits per heavy atom. The van der Waals surface area contributed by atoms with Crippen LogP contribution in [-0.4, -0.2) is 25.4 Å². The summed E-state index contributed by atoms with van der Waals surface area (Å²) in [5.74, 6) is 0. The van der Waals surface area contributed by atoms with Gasteiger partial charge in [0.2, 0.25) is 0 Å². The van der Waals surface area contributed by atoms with Crippen molar-refractivity contribution in [1.29, 1.82) is 0 Å². The smallest absolute Gasteiger partial charge is 0.0713 e. The molecule has 0 heterocycles. The third-order valence-electron chi connectivity index (χ3n) is 2.49. The van der Waals surface area contributed by atoms with Crippen LogP contribution in [0.5, 0.6) is 0 Å². The summed E-state index contributed by atoms with van der Waals surface area (Å²) in [6, 6.07) is 8.16. The van der Waals surface area contributed by atoms with Crippen molar-refractivity contribution >= 4 is 0 Å². The zero-order valence-electron chi connectivity index (χ0n) is 10.1. The third kappa shape index (κ3) is 3.93. The van der Waals surface area contributed by atoms with Crippen molar-refractivity contribution in [3.63, 3.8) is 0 Å². The van der Waals surface area contributed by atoms with Gasteiger partial charge >= 0.3 is 0 Å². The molecule has 0 aliphatic heterocycles. The lowest BCUT2D eigenvalue weighted by Crippen LogP contribution is -2.25. The molecule has 0 saturated carbocycles. The number of aliphatic hydroxyl groups is 1. The van der Waals surface area contributed by atoms with E-state index in [4.69, 9.17) is 4.74 Å². The molecule has 2 N–H and O–H groups in total. The summed E-state index contributed by atoms with van der Waals surface area (Å²) in [6.07, 6.45) is 1.06. The van der Waals surface area contributed by atoms with Gasteiger partial charge < -0.3 is 15.2 Å². The topological polar surface area (TPSA) is 41.5 Å². The molecular formula is C13H21NO2. The van der Waals surface area contributed by atoms with E-state index >= 15 is 0 Å².